The summed E-state index contributed by atoms with van der Waals surface area (Å²) in [5.41, 5.74) is 5.23. The number of anilines is 1. The highest BCUT2D eigenvalue weighted by Gasteiger charge is 2.15. The Morgan fingerprint density at radius 1 is 1.26 bits per heavy atom. The van der Waals surface area contributed by atoms with Crippen molar-refractivity contribution >= 4 is 15.5 Å². The van der Waals surface area contributed by atoms with Gasteiger partial charge in [0, 0.05) is 13.7 Å². The Bertz CT molecular complexity index is 504. The summed E-state index contributed by atoms with van der Waals surface area (Å²) in [5, 5.41) is 0. The first-order valence-electron chi connectivity index (χ1n) is 5.82. The molecule has 1 aromatic rings. The summed E-state index contributed by atoms with van der Waals surface area (Å²) in [7, 11) is -1.94. The lowest BCUT2D eigenvalue weighted by molar-refractivity contribution is 0.0712. The van der Waals surface area contributed by atoms with Gasteiger partial charge in [-0.1, -0.05) is 0 Å². The number of methoxy groups -OCH3 is 1. The van der Waals surface area contributed by atoms with E-state index < -0.39 is 15.7 Å². The molecular weight excluding hydrogens is 273 g/mol. The van der Waals surface area contributed by atoms with E-state index in [0.29, 0.717) is 26.2 Å². The Morgan fingerprint density at radius 3 is 2.63 bits per heavy atom. The molecule has 1 aromatic carbocycles. The standard InChI is InChI=1S/C12H18FNO4S/c1-17-6-7-18-5-2-8-19(15,16)10-3-4-12(14)11(13)9-10/h3-4,9H,2,5-8,14H2,1H3. The van der Waals surface area contributed by atoms with Gasteiger partial charge in [0.15, 0.2) is 9.84 Å². The van der Waals surface area contributed by atoms with Crippen molar-refractivity contribution < 1.29 is 22.3 Å². The fourth-order valence-corrected chi connectivity index (χ4v) is 2.71. The van der Waals surface area contributed by atoms with E-state index in [1.54, 1.807) is 7.11 Å². The lowest BCUT2D eigenvalue weighted by atomic mass is 10.3. The molecule has 0 fully saturated rings. The van der Waals surface area contributed by atoms with E-state index in [-0.39, 0.29) is 16.3 Å². The Morgan fingerprint density at radius 2 is 2.00 bits per heavy atom. The molecule has 0 saturated heterocycles. The summed E-state index contributed by atoms with van der Waals surface area (Å²) in [5.74, 6) is -0.819. The molecule has 0 spiro atoms. The van der Waals surface area contributed by atoms with Gasteiger partial charge in [-0.25, -0.2) is 12.8 Å². The van der Waals surface area contributed by atoms with E-state index in [4.69, 9.17) is 15.2 Å². The molecule has 0 radical (unpaired) electrons. The number of ether oxygens (including phenoxy) is 2. The molecule has 0 amide bonds. The fraction of sp³-hybridized carbons (Fsp3) is 0.500. The van der Waals surface area contributed by atoms with Crippen molar-refractivity contribution in [2.75, 3.05) is 38.4 Å². The first-order valence-corrected chi connectivity index (χ1v) is 7.47. The van der Waals surface area contributed by atoms with Gasteiger partial charge in [0.25, 0.3) is 0 Å². The molecule has 0 heterocycles. The van der Waals surface area contributed by atoms with Gasteiger partial charge in [-0.3, -0.25) is 0 Å². The molecule has 5 nitrogen and oxygen atoms in total. The zero-order valence-corrected chi connectivity index (χ0v) is 11.6. The molecule has 0 saturated carbocycles. The molecule has 0 aliphatic carbocycles. The monoisotopic (exact) mass is 291 g/mol. The number of sulfone groups is 1. The van der Waals surface area contributed by atoms with Gasteiger partial charge in [0.2, 0.25) is 0 Å². The summed E-state index contributed by atoms with van der Waals surface area (Å²) in [6.07, 6.45) is 0.345. The maximum Gasteiger partial charge on any atom is 0.178 e. The molecule has 0 aliphatic heterocycles. The van der Waals surface area contributed by atoms with Crippen molar-refractivity contribution in [2.45, 2.75) is 11.3 Å². The van der Waals surface area contributed by atoms with Crippen LogP contribution in [-0.4, -0.2) is 41.1 Å². The largest absolute Gasteiger partial charge is 0.396 e. The molecule has 0 aliphatic rings. The van der Waals surface area contributed by atoms with Crippen molar-refractivity contribution in [3.8, 4) is 0 Å². The normalized spacial score (nSPS) is 11.7. The van der Waals surface area contributed by atoms with Crippen LogP contribution in [0.4, 0.5) is 10.1 Å². The van der Waals surface area contributed by atoms with Crippen molar-refractivity contribution in [1.82, 2.24) is 0 Å². The predicted octanol–water partition coefficient (Wildman–Crippen LogP) is 1.23. The van der Waals surface area contributed by atoms with Crippen LogP contribution in [0.2, 0.25) is 0 Å². The van der Waals surface area contributed by atoms with Gasteiger partial charge >= 0.3 is 0 Å². The van der Waals surface area contributed by atoms with E-state index in [0.717, 1.165) is 6.07 Å². The highest BCUT2D eigenvalue weighted by atomic mass is 32.2. The summed E-state index contributed by atoms with van der Waals surface area (Å²) in [4.78, 5) is -0.0592. The first-order chi connectivity index (χ1) is 8.97. The predicted molar refractivity (Wildman–Crippen MR) is 70.2 cm³/mol. The van der Waals surface area contributed by atoms with Crippen LogP contribution in [0.25, 0.3) is 0 Å². The molecule has 7 heteroatoms. The maximum atomic E-state index is 13.2. The Hall–Kier alpha value is -1.18. The number of nitrogens with two attached hydrogens (primary N) is 1. The smallest absolute Gasteiger partial charge is 0.178 e. The Labute approximate surface area is 112 Å². The molecule has 0 unspecified atom stereocenters. The van der Waals surface area contributed by atoms with Crippen LogP contribution in [0.15, 0.2) is 23.1 Å². The average Bonchev–Trinajstić information content (AvgIpc) is 2.36. The second kappa shape index (κ2) is 7.42. The SMILES string of the molecule is COCCOCCCS(=O)(=O)c1ccc(N)c(F)c1. The van der Waals surface area contributed by atoms with Crippen LogP contribution in [0, 0.1) is 5.82 Å². The topological polar surface area (TPSA) is 78.6 Å². The highest BCUT2D eigenvalue weighted by molar-refractivity contribution is 7.91. The molecule has 1 rings (SSSR count). The fourth-order valence-electron chi connectivity index (χ4n) is 1.41. The number of hydrogen-bond acceptors (Lipinski definition) is 5. The summed E-state index contributed by atoms with van der Waals surface area (Å²) >= 11 is 0. The van der Waals surface area contributed by atoms with Gasteiger partial charge in [-0.05, 0) is 24.6 Å². The van der Waals surface area contributed by atoms with Gasteiger partial charge in [0.1, 0.15) is 5.82 Å². The first kappa shape index (κ1) is 15.9. The number of benzene rings is 1. The summed E-state index contributed by atoms with van der Waals surface area (Å²) in [6.45, 7) is 1.21. The minimum absolute atomic E-state index is 0.0592. The maximum absolute atomic E-state index is 13.2. The second-order valence-electron chi connectivity index (χ2n) is 3.96. The highest BCUT2D eigenvalue weighted by Crippen LogP contribution is 2.17. The zero-order valence-electron chi connectivity index (χ0n) is 10.8. The zero-order chi connectivity index (χ0) is 14.3. The third kappa shape index (κ3) is 5.14. The van der Waals surface area contributed by atoms with E-state index >= 15 is 0 Å². The Kier molecular flexibility index (Phi) is 6.20. The van der Waals surface area contributed by atoms with Crippen LogP contribution >= 0.6 is 0 Å². The number of hydrogen-bond donors (Lipinski definition) is 1. The number of nitrogen functional groups attached to an aromatic ring is 1. The molecule has 0 atom stereocenters. The third-order valence-corrected chi connectivity index (χ3v) is 4.26. The van der Waals surface area contributed by atoms with Crippen LogP contribution in [0.5, 0.6) is 0 Å². The lowest BCUT2D eigenvalue weighted by Gasteiger charge is -2.06. The van der Waals surface area contributed by atoms with Crippen molar-refractivity contribution in [1.29, 1.82) is 0 Å². The van der Waals surface area contributed by atoms with Gasteiger partial charge in [-0.2, -0.15) is 0 Å². The van der Waals surface area contributed by atoms with Gasteiger partial charge in [0.05, 0.1) is 29.5 Å². The number of rotatable bonds is 8. The quantitative estimate of drug-likeness (QED) is 0.576. The molecule has 108 valence electrons. The van der Waals surface area contributed by atoms with Crippen LogP contribution in [0.1, 0.15) is 6.42 Å². The lowest BCUT2D eigenvalue weighted by Crippen LogP contribution is -2.11. The van der Waals surface area contributed by atoms with Crippen molar-refractivity contribution in [2.24, 2.45) is 0 Å². The van der Waals surface area contributed by atoms with Crippen molar-refractivity contribution in [3.63, 3.8) is 0 Å². The van der Waals surface area contributed by atoms with Crippen molar-refractivity contribution in [3.05, 3.63) is 24.0 Å². The average molecular weight is 291 g/mol. The van der Waals surface area contributed by atoms with E-state index in [1.165, 1.54) is 12.1 Å². The van der Waals surface area contributed by atoms with Gasteiger partial charge in [-0.15, -0.1) is 0 Å². The van der Waals surface area contributed by atoms with Crippen LogP contribution in [-0.2, 0) is 19.3 Å². The van der Waals surface area contributed by atoms with Crippen LogP contribution < -0.4 is 5.73 Å². The summed E-state index contributed by atoms with van der Waals surface area (Å²) in [6, 6.07) is 3.49. The molecule has 2 N–H and O–H groups in total. The molecule has 0 bridgehead atoms. The van der Waals surface area contributed by atoms with E-state index in [9.17, 15) is 12.8 Å². The van der Waals surface area contributed by atoms with Crippen LogP contribution in [0.3, 0.4) is 0 Å². The number of halogens is 1. The summed E-state index contributed by atoms with van der Waals surface area (Å²) < 4.78 is 47.0. The minimum atomic E-state index is -3.50. The minimum Gasteiger partial charge on any atom is -0.396 e. The second-order valence-corrected chi connectivity index (χ2v) is 6.07. The molecular formula is C12H18FNO4S. The van der Waals surface area contributed by atoms with Gasteiger partial charge < -0.3 is 15.2 Å². The van der Waals surface area contributed by atoms with E-state index in [1.807, 2.05) is 0 Å². The molecule has 19 heavy (non-hydrogen) atoms. The third-order valence-electron chi connectivity index (χ3n) is 2.46. The van der Waals surface area contributed by atoms with E-state index in [2.05, 4.69) is 0 Å². The molecule has 0 aromatic heterocycles. The Balaban J connectivity index is 2.49.